The molecule has 23 heavy (non-hydrogen) atoms. The molecule has 0 aromatic carbocycles. The van der Waals surface area contributed by atoms with E-state index in [2.05, 4.69) is 10.6 Å². The molecule has 3 amide bonds. The van der Waals surface area contributed by atoms with Crippen LogP contribution in [0.15, 0.2) is 46.7 Å². The van der Waals surface area contributed by atoms with E-state index in [4.69, 9.17) is 0 Å². The molecular formula is C15H13F2N3O3. The van der Waals surface area contributed by atoms with Crippen LogP contribution < -0.4 is 16.2 Å². The fourth-order valence-corrected chi connectivity index (χ4v) is 2.79. The SMILES string of the molecule is O=C1NC(=O)C(Cn2cccc(F)c2=O)(C2=CC=C(F)CC2)N1. The Morgan fingerprint density at radius 1 is 1.17 bits per heavy atom. The summed E-state index contributed by atoms with van der Waals surface area (Å²) in [6, 6.07) is 1.63. The fourth-order valence-electron chi connectivity index (χ4n) is 2.79. The Morgan fingerprint density at radius 3 is 2.57 bits per heavy atom. The van der Waals surface area contributed by atoms with Crippen molar-refractivity contribution in [3.05, 3.63) is 58.1 Å². The molecule has 120 valence electrons. The summed E-state index contributed by atoms with van der Waals surface area (Å²) in [4.78, 5) is 35.8. The van der Waals surface area contributed by atoms with Gasteiger partial charge in [-0.1, -0.05) is 6.08 Å². The van der Waals surface area contributed by atoms with Gasteiger partial charge in [0, 0.05) is 12.6 Å². The third-order valence-corrected chi connectivity index (χ3v) is 3.97. The van der Waals surface area contributed by atoms with Gasteiger partial charge in [0.1, 0.15) is 5.83 Å². The Balaban J connectivity index is 2.07. The van der Waals surface area contributed by atoms with E-state index in [1.165, 1.54) is 24.4 Å². The van der Waals surface area contributed by atoms with E-state index in [1.54, 1.807) is 0 Å². The lowest BCUT2D eigenvalue weighted by Crippen LogP contribution is -2.53. The molecule has 2 aliphatic rings. The maximum absolute atomic E-state index is 13.5. The molecule has 1 aromatic heterocycles. The van der Waals surface area contributed by atoms with Gasteiger partial charge in [-0.15, -0.1) is 0 Å². The topological polar surface area (TPSA) is 80.2 Å². The molecular weight excluding hydrogens is 308 g/mol. The Bertz CT molecular complexity index is 812. The Hall–Kier alpha value is -2.77. The summed E-state index contributed by atoms with van der Waals surface area (Å²) in [6.45, 7) is -0.275. The van der Waals surface area contributed by atoms with Crippen LogP contribution in [0.2, 0.25) is 0 Å². The monoisotopic (exact) mass is 321 g/mol. The van der Waals surface area contributed by atoms with Crippen molar-refractivity contribution in [1.29, 1.82) is 0 Å². The van der Waals surface area contributed by atoms with Crippen molar-refractivity contribution >= 4 is 11.9 Å². The summed E-state index contributed by atoms with van der Waals surface area (Å²) < 4.78 is 27.7. The number of hydrogen-bond donors (Lipinski definition) is 2. The molecule has 0 saturated carbocycles. The second-order valence-corrected chi connectivity index (χ2v) is 5.41. The third kappa shape index (κ3) is 2.56. The van der Waals surface area contributed by atoms with Crippen LogP contribution in [-0.4, -0.2) is 22.0 Å². The number of allylic oxidation sites excluding steroid dienone is 3. The largest absolute Gasteiger partial charge is 0.322 e. The van der Waals surface area contributed by atoms with Gasteiger partial charge in [0.05, 0.1) is 6.54 Å². The molecule has 0 bridgehead atoms. The number of halogens is 2. The zero-order valence-electron chi connectivity index (χ0n) is 11.9. The standard InChI is InChI=1S/C15H13F2N3O3/c16-10-5-3-9(4-6-10)15(13(22)18-14(23)19-15)8-20-7-1-2-11(17)12(20)21/h1-3,5,7H,4,6,8H2,(H2,18,19,22,23). The lowest BCUT2D eigenvalue weighted by atomic mass is 9.84. The predicted octanol–water partition coefficient (Wildman–Crippen LogP) is 1.14. The number of hydrogen-bond acceptors (Lipinski definition) is 3. The number of nitrogens with zero attached hydrogens (tertiary/aromatic N) is 1. The van der Waals surface area contributed by atoms with Crippen molar-refractivity contribution in [3.63, 3.8) is 0 Å². The lowest BCUT2D eigenvalue weighted by molar-refractivity contribution is -0.123. The van der Waals surface area contributed by atoms with Gasteiger partial charge in [-0.3, -0.25) is 14.9 Å². The van der Waals surface area contributed by atoms with Gasteiger partial charge in [-0.25, -0.2) is 13.6 Å². The zero-order valence-corrected chi connectivity index (χ0v) is 11.9. The molecule has 0 radical (unpaired) electrons. The molecule has 2 heterocycles. The minimum Gasteiger partial charge on any atom is -0.318 e. The highest BCUT2D eigenvalue weighted by molar-refractivity contribution is 6.09. The van der Waals surface area contributed by atoms with E-state index < -0.39 is 28.9 Å². The first kappa shape index (κ1) is 15.1. The molecule has 3 rings (SSSR count). The van der Waals surface area contributed by atoms with Gasteiger partial charge >= 0.3 is 6.03 Å². The molecule has 1 aromatic rings. The molecule has 1 fully saturated rings. The molecule has 1 unspecified atom stereocenters. The van der Waals surface area contributed by atoms with Gasteiger partial charge in [0.2, 0.25) is 0 Å². The highest BCUT2D eigenvalue weighted by atomic mass is 19.1. The minimum absolute atomic E-state index is 0.0920. The molecule has 1 saturated heterocycles. The highest BCUT2D eigenvalue weighted by Gasteiger charge is 2.49. The first-order chi connectivity index (χ1) is 10.9. The minimum atomic E-state index is -1.54. The summed E-state index contributed by atoms with van der Waals surface area (Å²) in [5.41, 5.74) is -1.98. The first-order valence-corrected chi connectivity index (χ1v) is 6.97. The van der Waals surface area contributed by atoms with Crippen LogP contribution in [0, 0.1) is 5.82 Å². The maximum Gasteiger partial charge on any atom is 0.322 e. The van der Waals surface area contributed by atoms with E-state index in [9.17, 15) is 23.2 Å². The van der Waals surface area contributed by atoms with Crippen LogP contribution in [0.4, 0.5) is 13.6 Å². The molecule has 0 spiro atoms. The molecule has 1 aliphatic heterocycles. The van der Waals surface area contributed by atoms with Crippen molar-refractivity contribution < 1.29 is 18.4 Å². The summed E-state index contributed by atoms with van der Waals surface area (Å²) in [5, 5.41) is 4.61. The van der Waals surface area contributed by atoms with Crippen LogP contribution in [0.1, 0.15) is 12.8 Å². The Kier molecular flexibility index (Phi) is 3.59. The van der Waals surface area contributed by atoms with E-state index in [0.717, 1.165) is 10.6 Å². The second-order valence-electron chi connectivity index (χ2n) is 5.41. The molecule has 8 heteroatoms. The zero-order chi connectivity index (χ0) is 16.6. The average molecular weight is 321 g/mol. The number of amides is 3. The van der Waals surface area contributed by atoms with Crippen molar-refractivity contribution in [2.45, 2.75) is 24.9 Å². The van der Waals surface area contributed by atoms with Crippen molar-refractivity contribution in [3.8, 4) is 0 Å². The summed E-state index contributed by atoms with van der Waals surface area (Å²) >= 11 is 0. The van der Waals surface area contributed by atoms with Crippen molar-refractivity contribution in [1.82, 2.24) is 15.2 Å². The predicted molar refractivity (Wildman–Crippen MR) is 76.6 cm³/mol. The van der Waals surface area contributed by atoms with Crippen molar-refractivity contribution in [2.24, 2.45) is 0 Å². The Morgan fingerprint density at radius 2 is 1.96 bits per heavy atom. The van der Waals surface area contributed by atoms with Crippen LogP contribution in [0.5, 0.6) is 0 Å². The normalized spacial score (nSPS) is 23.9. The fraction of sp³-hybridized carbons (Fsp3) is 0.267. The van der Waals surface area contributed by atoms with Gasteiger partial charge in [-0.05, 0) is 30.2 Å². The molecule has 1 atom stereocenters. The van der Waals surface area contributed by atoms with Gasteiger partial charge < -0.3 is 9.88 Å². The van der Waals surface area contributed by atoms with E-state index in [-0.39, 0.29) is 25.2 Å². The smallest absolute Gasteiger partial charge is 0.318 e. The number of carbonyl (C=O) groups excluding carboxylic acids is 2. The number of urea groups is 1. The Labute approximate surface area is 129 Å². The van der Waals surface area contributed by atoms with Gasteiger partial charge in [0.15, 0.2) is 11.4 Å². The molecule has 2 N–H and O–H groups in total. The van der Waals surface area contributed by atoms with Crippen LogP contribution in [0.25, 0.3) is 0 Å². The average Bonchev–Trinajstić information content (AvgIpc) is 2.79. The first-order valence-electron chi connectivity index (χ1n) is 6.97. The van der Waals surface area contributed by atoms with Crippen LogP contribution in [-0.2, 0) is 11.3 Å². The number of aromatic nitrogens is 1. The summed E-state index contributed by atoms with van der Waals surface area (Å²) in [6.07, 6.45) is 4.25. The van der Waals surface area contributed by atoms with Crippen LogP contribution >= 0.6 is 0 Å². The number of rotatable bonds is 3. The lowest BCUT2D eigenvalue weighted by Gasteiger charge is -2.30. The quantitative estimate of drug-likeness (QED) is 0.819. The van der Waals surface area contributed by atoms with Crippen LogP contribution in [0.3, 0.4) is 0 Å². The van der Waals surface area contributed by atoms with Crippen molar-refractivity contribution in [2.75, 3.05) is 0 Å². The van der Waals surface area contributed by atoms with E-state index >= 15 is 0 Å². The number of nitrogens with one attached hydrogen (secondary N) is 2. The molecule has 6 nitrogen and oxygen atoms in total. The highest BCUT2D eigenvalue weighted by Crippen LogP contribution is 2.31. The summed E-state index contributed by atoms with van der Waals surface area (Å²) in [7, 11) is 0. The number of imide groups is 1. The molecule has 1 aliphatic carbocycles. The van der Waals surface area contributed by atoms with E-state index in [0.29, 0.717) is 5.57 Å². The number of pyridine rings is 1. The number of carbonyl (C=O) groups is 2. The van der Waals surface area contributed by atoms with Gasteiger partial charge in [-0.2, -0.15) is 0 Å². The maximum atomic E-state index is 13.5. The summed E-state index contributed by atoms with van der Waals surface area (Å²) in [5.74, 6) is -1.95. The van der Waals surface area contributed by atoms with E-state index in [1.807, 2.05) is 0 Å². The third-order valence-electron chi connectivity index (χ3n) is 3.97. The van der Waals surface area contributed by atoms with Gasteiger partial charge in [0.25, 0.3) is 11.5 Å². The second kappa shape index (κ2) is 5.45.